The molecule has 2 amide bonds. The Balaban J connectivity index is 1.73. The minimum absolute atomic E-state index is 0.0811. The molecule has 0 bridgehead atoms. The number of carbonyl (C=O) groups is 2. The fourth-order valence-electron chi connectivity index (χ4n) is 3.86. The molecule has 7 heteroatoms. The second kappa shape index (κ2) is 10.2. The summed E-state index contributed by atoms with van der Waals surface area (Å²) in [6, 6.07) is 7.43. The predicted octanol–water partition coefficient (Wildman–Crippen LogP) is 2.78. The average Bonchev–Trinajstić information content (AvgIpc) is 3.39. The summed E-state index contributed by atoms with van der Waals surface area (Å²) in [5.74, 6) is 2.76. The van der Waals surface area contributed by atoms with Gasteiger partial charge in [-0.05, 0) is 42.7 Å². The van der Waals surface area contributed by atoms with Crippen LogP contribution in [0.25, 0.3) is 0 Å². The van der Waals surface area contributed by atoms with Crippen LogP contribution in [0.1, 0.15) is 44.2 Å². The van der Waals surface area contributed by atoms with Gasteiger partial charge in [0.05, 0.1) is 25.7 Å². The quantitative estimate of drug-likeness (QED) is 0.719. The zero-order chi connectivity index (χ0) is 19.9. The molecule has 1 aromatic rings. The minimum atomic E-state index is -0.350. The Bertz CT molecular complexity index is 655. The van der Waals surface area contributed by atoms with Crippen molar-refractivity contribution in [3.8, 4) is 5.75 Å². The lowest BCUT2D eigenvalue weighted by atomic mass is 10.0. The first kappa shape index (κ1) is 21.0. The molecule has 0 spiro atoms. The molecule has 6 nitrogen and oxygen atoms in total. The van der Waals surface area contributed by atoms with Gasteiger partial charge in [-0.3, -0.25) is 9.59 Å². The minimum Gasteiger partial charge on any atom is -0.497 e. The van der Waals surface area contributed by atoms with Gasteiger partial charge in [0, 0.05) is 31.9 Å². The number of hydrogen-bond donors (Lipinski definition) is 1. The lowest BCUT2D eigenvalue weighted by Gasteiger charge is -2.32. The van der Waals surface area contributed by atoms with Crippen LogP contribution in [0.3, 0.4) is 0 Å². The van der Waals surface area contributed by atoms with Gasteiger partial charge in [0.25, 0.3) is 0 Å². The van der Waals surface area contributed by atoms with E-state index in [1.165, 1.54) is 6.92 Å². The molecule has 0 aromatic heterocycles. The Morgan fingerprint density at radius 3 is 2.68 bits per heavy atom. The monoisotopic (exact) mass is 406 g/mol. The van der Waals surface area contributed by atoms with Gasteiger partial charge < -0.3 is 19.7 Å². The Kier molecular flexibility index (Phi) is 7.62. The van der Waals surface area contributed by atoms with Gasteiger partial charge >= 0.3 is 0 Å². The van der Waals surface area contributed by atoms with Gasteiger partial charge in [0.15, 0.2) is 0 Å². The number of methoxy groups -OCH3 is 1. The van der Waals surface area contributed by atoms with Crippen LogP contribution in [0, 0.1) is 0 Å². The highest BCUT2D eigenvalue weighted by atomic mass is 32.2. The maximum atomic E-state index is 13.3. The first-order valence-electron chi connectivity index (χ1n) is 9.96. The van der Waals surface area contributed by atoms with E-state index in [0.717, 1.165) is 48.7 Å². The average molecular weight is 407 g/mol. The van der Waals surface area contributed by atoms with E-state index in [1.54, 1.807) is 7.11 Å². The van der Waals surface area contributed by atoms with Crippen LogP contribution in [0.15, 0.2) is 24.3 Å². The van der Waals surface area contributed by atoms with Crippen LogP contribution in [-0.2, 0) is 14.3 Å². The Morgan fingerprint density at radius 2 is 2.11 bits per heavy atom. The Morgan fingerprint density at radius 1 is 1.32 bits per heavy atom. The molecular formula is C21H30N2O4S. The number of benzene rings is 1. The Labute approximate surface area is 171 Å². The molecule has 28 heavy (non-hydrogen) atoms. The first-order valence-corrected chi connectivity index (χ1v) is 11.1. The summed E-state index contributed by atoms with van der Waals surface area (Å²) in [4.78, 5) is 27.1. The number of amides is 2. The number of thioether (sulfide) groups is 1. The third kappa shape index (κ3) is 5.64. The number of rotatable bonds is 8. The third-order valence-corrected chi connectivity index (χ3v) is 6.51. The standard InChI is InChI=1S/C21H30N2O4S/c1-15(24)22-20(16-5-7-18(26-2)8-6-16)12-21(25)23(17-9-11-28-14-17)13-19-4-3-10-27-19/h5-8,17,19-20H,3-4,9-14H2,1-2H3,(H,22,24). The highest BCUT2D eigenvalue weighted by molar-refractivity contribution is 7.99. The van der Waals surface area contributed by atoms with Crippen molar-refractivity contribution in [3.63, 3.8) is 0 Å². The van der Waals surface area contributed by atoms with Crippen LogP contribution < -0.4 is 10.1 Å². The van der Waals surface area contributed by atoms with E-state index in [-0.39, 0.29) is 36.4 Å². The van der Waals surface area contributed by atoms with Gasteiger partial charge in [0.2, 0.25) is 11.8 Å². The van der Waals surface area contributed by atoms with Gasteiger partial charge in [-0.1, -0.05) is 12.1 Å². The molecule has 3 unspecified atom stereocenters. The summed E-state index contributed by atoms with van der Waals surface area (Å²) in [5, 5.41) is 2.94. The second-order valence-corrected chi connectivity index (χ2v) is 8.58. The molecule has 1 N–H and O–H groups in total. The molecule has 3 atom stereocenters. The van der Waals surface area contributed by atoms with E-state index < -0.39 is 0 Å². The molecule has 2 aliphatic rings. The van der Waals surface area contributed by atoms with Crippen molar-refractivity contribution in [3.05, 3.63) is 29.8 Å². The lowest BCUT2D eigenvalue weighted by Crippen LogP contribution is -2.46. The summed E-state index contributed by atoms with van der Waals surface area (Å²) < 4.78 is 11.0. The normalized spacial score (nSPS) is 22.6. The molecule has 2 saturated heterocycles. The van der Waals surface area contributed by atoms with Gasteiger partial charge in [-0.25, -0.2) is 0 Å². The number of ether oxygens (including phenoxy) is 2. The summed E-state index contributed by atoms with van der Waals surface area (Å²) in [7, 11) is 1.62. The molecule has 1 aromatic carbocycles. The smallest absolute Gasteiger partial charge is 0.225 e. The molecule has 2 fully saturated rings. The van der Waals surface area contributed by atoms with Gasteiger partial charge in [-0.2, -0.15) is 11.8 Å². The molecule has 0 radical (unpaired) electrons. The van der Waals surface area contributed by atoms with Crippen molar-refractivity contribution in [2.24, 2.45) is 0 Å². The number of carbonyl (C=O) groups excluding carboxylic acids is 2. The highest BCUT2D eigenvalue weighted by Crippen LogP contribution is 2.27. The molecule has 2 heterocycles. The van der Waals surface area contributed by atoms with E-state index in [4.69, 9.17) is 9.47 Å². The van der Waals surface area contributed by atoms with Crippen molar-refractivity contribution < 1.29 is 19.1 Å². The lowest BCUT2D eigenvalue weighted by molar-refractivity contribution is -0.135. The zero-order valence-corrected chi connectivity index (χ0v) is 17.5. The number of hydrogen-bond acceptors (Lipinski definition) is 5. The third-order valence-electron chi connectivity index (χ3n) is 5.37. The first-order chi connectivity index (χ1) is 13.6. The number of nitrogens with zero attached hydrogens (tertiary/aromatic N) is 1. The van der Waals surface area contributed by atoms with Crippen LogP contribution in [0.4, 0.5) is 0 Å². The molecule has 0 saturated carbocycles. The molecule has 2 aliphatic heterocycles. The van der Waals surface area contributed by atoms with Crippen molar-refractivity contribution >= 4 is 23.6 Å². The SMILES string of the molecule is COc1ccc(C(CC(=O)N(CC2CCCO2)C2CCSC2)NC(C)=O)cc1. The Hall–Kier alpha value is -1.73. The van der Waals surface area contributed by atoms with E-state index in [9.17, 15) is 9.59 Å². The fraction of sp³-hybridized carbons (Fsp3) is 0.619. The topological polar surface area (TPSA) is 67.9 Å². The maximum absolute atomic E-state index is 13.3. The van der Waals surface area contributed by atoms with Crippen molar-refractivity contribution in [1.82, 2.24) is 10.2 Å². The summed E-state index contributed by atoms with van der Waals surface area (Å²) in [6.45, 7) is 2.92. The van der Waals surface area contributed by atoms with E-state index in [0.29, 0.717) is 6.54 Å². The highest BCUT2D eigenvalue weighted by Gasteiger charge is 2.32. The molecule has 0 aliphatic carbocycles. The van der Waals surface area contributed by atoms with Crippen molar-refractivity contribution in [2.45, 2.75) is 50.8 Å². The van der Waals surface area contributed by atoms with E-state index in [2.05, 4.69) is 5.32 Å². The summed E-state index contributed by atoms with van der Waals surface area (Å²) in [6.07, 6.45) is 3.48. The summed E-state index contributed by atoms with van der Waals surface area (Å²) >= 11 is 1.90. The number of nitrogens with one attached hydrogen (secondary N) is 1. The van der Waals surface area contributed by atoms with Crippen LogP contribution in [0.2, 0.25) is 0 Å². The molecule has 3 rings (SSSR count). The second-order valence-electron chi connectivity index (χ2n) is 7.43. The van der Waals surface area contributed by atoms with Gasteiger partial charge in [-0.15, -0.1) is 0 Å². The predicted molar refractivity (Wildman–Crippen MR) is 111 cm³/mol. The van der Waals surface area contributed by atoms with E-state index in [1.807, 2.05) is 40.9 Å². The van der Waals surface area contributed by atoms with Gasteiger partial charge in [0.1, 0.15) is 5.75 Å². The maximum Gasteiger partial charge on any atom is 0.225 e. The van der Waals surface area contributed by atoms with Crippen LogP contribution in [0.5, 0.6) is 5.75 Å². The fourth-order valence-corrected chi connectivity index (χ4v) is 5.08. The van der Waals surface area contributed by atoms with Crippen LogP contribution >= 0.6 is 11.8 Å². The summed E-state index contributed by atoms with van der Waals surface area (Å²) in [5.41, 5.74) is 0.905. The largest absolute Gasteiger partial charge is 0.497 e. The zero-order valence-electron chi connectivity index (χ0n) is 16.7. The van der Waals surface area contributed by atoms with Crippen LogP contribution in [-0.4, -0.2) is 60.6 Å². The van der Waals surface area contributed by atoms with Crippen molar-refractivity contribution in [1.29, 1.82) is 0 Å². The molecular weight excluding hydrogens is 376 g/mol. The van der Waals surface area contributed by atoms with Crippen molar-refractivity contribution in [2.75, 3.05) is 31.8 Å². The molecule has 154 valence electrons. The van der Waals surface area contributed by atoms with E-state index >= 15 is 0 Å².